The third-order valence-electron chi connectivity index (χ3n) is 7.24. The highest BCUT2D eigenvalue weighted by atomic mass is 32.5. The molecule has 22 heteroatoms. The average molecular weight is 674 g/mol. The van der Waals surface area contributed by atoms with Gasteiger partial charge in [-0.05, 0) is 35.7 Å². The molecule has 4 aromatic rings. The second-order valence-electron chi connectivity index (χ2n) is 10.1. The normalized spacial score (nSPS) is 35.4. The molecule has 0 radical (unpaired) electrons. The fourth-order valence-electron chi connectivity index (χ4n) is 5.35. The summed E-state index contributed by atoms with van der Waals surface area (Å²) in [5.41, 5.74) is 12.3. The minimum atomic E-state index is -3.94. The molecule has 0 aromatic carbocycles. The molecule has 0 spiro atoms. The van der Waals surface area contributed by atoms with Crippen LogP contribution in [0.1, 0.15) is 25.3 Å². The zero-order valence-electron chi connectivity index (χ0n) is 21.9. The molecule has 4 aromatic heterocycles. The summed E-state index contributed by atoms with van der Waals surface area (Å²) in [6.07, 6.45) is -1.26. The minimum Gasteiger partial charge on any atom is -0.398 e. The van der Waals surface area contributed by atoms with Crippen LogP contribution in [0.3, 0.4) is 0 Å². The van der Waals surface area contributed by atoms with Crippen molar-refractivity contribution >= 4 is 70.9 Å². The van der Waals surface area contributed by atoms with Crippen LogP contribution in [0, 0.1) is 0 Å². The van der Waals surface area contributed by atoms with Crippen LogP contribution in [0.5, 0.6) is 0 Å². The molecule has 7 rings (SSSR count). The number of fused-ring (bicyclic) bond motifs is 5. The number of pyridine rings is 1. The van der Waals surface area contributed by atoms with Gasteiger partial charge in [-0.1, -0.05) is 5.21 Å². The third kappa shape index (κ3) is 5.63. The van der Waals surface area contributed by atoms with E-state index in [9.17, 15) is 14.6 Å². The Bertz CT molecular complexity index is 1870. The van der Waals surface area contributed by atoms with Crippen molar-refractivity contribution in [3.05, 3.63) is 34.9 Å². The van der Waals surface area contributed by atoms with Crippen LogP contribution in [0.2, 0.25) is 0 Å². The number of nitrogens with two attached hydrogens (primary N) is 2. The highest BCUT2D eigenvalue weighted by Gasteiger charge is 2.46. The van der Waals surface area contributed by atoms with Crippen LogP contribution in [-0.2, 0) is 51.2 Å². The molecule has 8 atom stereocenters. The van der Waals surface area contributed by atoms with Crippen molar-refractivity contribution in [3.8, 4) is 0 Å². The summed E-state index contributed by atoms with van der Waals surface area (Å²) in [6, 6.07) is 3.51. The average Bonchev–Trinajstić information content (AvgIpc) is 3.71. The molecule has 43 heavy (non-hydrogen) atoms. The molecule has 2 unspecified atom stereocenters. The number of aromatic nitrogens is 7. The van der Waals surface area contributed by atoms with E-state index in [4.69, 9.17) is 62.6 Å². The van der Waals surface area contributed by atoms with E-state index in [1.807, 2.05) is 6.07 Å². The largest absolute Gasteiger partial charge is 0.398 e. The highest BCUT2D eigenvalue weighted by Crippen LogP contribution is 2.53. The Labute approximate surface area is 251 Å². The van der Waals surface area contributed by atoms with Gasteiger partial charge in [-0.2, -0.15) is 9.67 Å². The molecular weight excluding hydrogens is 648 g/mol. The van der Waals surface area contributed by atoms with Crippen LogP contribution in [-0.4, -0.2) is 81.9 Å². The number of hydrogen-bond donors (Lipinski definition) is 5. The lowest BCUT2D eigenvalue weighted by atomic mass is 10.2. The Morgan fingerprint density at radius 3 is 2.58 bits per heavy atom. The standard InChI is InChI=1S/C21H25N9O9P2S2/c22-11-1-3-24-17-10(11)2-4-29(17)15-6-12-14(37-15)8-35-41(33,43)39-13-5-9(7-34-40(32,42)38-12)36-20(13)30-18-16(27-28-30)19(31)26-21(23)25-18/h1-4,9,12-15,20H,5-8H2,(H2,22,24)(H,32,42)(H,33,43)(H3,23,25,26,31)/t9-,12-,13-,14+,15+,20+,40?,41?/m0/s1. The number of nitrogens with zero attached hydrogens (tertiary/aromatic N) is 6. The molecule has 0 aliphatic carbocycles. The SMILES string of the molecule is Nc1nc2c(nnn2[C@@H]2O[C@@H]3COP(O)(=S)O[C@H]4C[C@H](n5ccc6c(N)ccnc65)O[C@@H]4COP(O)(=S)O[C@H]2C3)c(=O)[nH]1. The first-order chi connectivity index (χ1) is 20.5. The van der Waals surface area contributed by atoms with Crippen molar-refractivity contribution in [3.63, 3.8) is 0 Å². The van der Waals surface area contributed by atoms with Gasteiger partial charge < -0.3 is 53.4 Å². The second kappa shape index (κ2) is 10.9. The maximum absolute atomic E-state index is 12.3. The van der Waals surface area contributed by atoms with E-state index >= 15 is 0 Å². The van der Waals surface area contributed by atoms with Gasteiger partial charge in [0.15, 0.2) is 17.4 Å². The van der Waals surface area contributed by atoms with Crippen molar-refractivity contribution in [2.24, 2.45) is 0 Å². The fraction of sp³-hybridized carbons (Fsp3) is 0.476. The van der Waals surface area contributed by atoms with Crippen LogP contribution < -0.4 is 17.0 Å². The predicted molar refractivity (Wildman–Crippen MR) is 156 cm³/mol. The van der Waals surface area contributed by atoms with Gasteiger partial charge in [0.05, 0.1) is 25.4 Å². The number of H-pyrrole nitrogens is 1. The van der Waals surface area contributed by atoms with Gasteiger partial charge in [0.1, 0.15) is 24.1 Å². The monoisotopic (exact) mass is 673 g/mol. The van der Waals surface area contributed by atoms with Crippen LogP contribution in [0.4, 0.5) is 11.6 Å². The molecular formula is C21H25N9O9P2S2. The molecule has 2 bridgehead atoms. The smallest absolute Gasteiger partial charge is 0.325 e. The molecule has 3 fully saturated rings. The molecule has 18 nitrogen and oxygen atoms in total. The van der Waals surface area contributed by atoms with E-state index in [1.54, 1.807) is 23.0 Å². The molecule has 230 valence electrons. The Kier molecular flexibility index (Phi) is 7.40. The maximum atomic E-state index is 12.3. The maximum Gasteiger partial charge on any atom is 0.325 e. The van der Waals surface area contributed by atoms with Crippen molar-refractivity contribution in [1.82, 2.24) is 34.5 Å². The number of nitrogens with one attached hydrogen (secondary N) is 1. The number of anilines is 2. The number of hydrogen-bond acceptors (Lipinski definition) is 15. The number of ether oxygens (including phenoxy) is 2. The van der Waals surface area contributed by atoms with E-state index in [0.717, 1.165) is 5.39 Å². The van der Waals surface area contributed by atoms with Gasteiger partial charge in [0.2, 0.25) is 5.95 Å². The zero-order valence-corrected chi connectivity index (χ0v) is 25.3. The van der Waals surface area contributed by atoms with Crippen LogP contribution >= 0.6 is 13.4 Å². The molecule has 3 saturated heterocycles. The summed E-state index contributed by atoms with van der Waals surface area (Å²) in [5, 5.41) is 8.60. The Hall–Kier alpha value is -2.45. The first kappa shape index (κ1) is 29.3. The zero-order chi connectivity index (χ0) is 30.1. The van der Waals surface area contributed by atoms with E-state index in [1.165, 1.54) is 4.68 Å². The second-order valence-corrected chi connectivity index (χ2v) is 15.7. The van der Waals surface area contributed by atoms with Gasteiger partial charge in [0, 0.05) is 36.3 Å². The van der Waals surface area contributed by atoms with Gasteiger partial charge in [0.25, 0.3) is 5.56 Å². The van der Waals surface area contributed by atoms with E-state index in [0.29, 0.717) is 11.3 Å². The molecule has 0 saturated carbocycles. The summed E-state index contributed by atoms with van der Waals surface area (Å²) in [7, 11) is 0. The van der Waals surface area contributed by atoms with Gasteiger partial charge in [-0.25, -0.2) is 4.98 Å². The highest BCUT2D eigenvalue weighted by molar-refractivity contribution is 8.07. The summed E-state index contributed by atoms with van der Waals surface area (Å²) in [4.78, 5) is 45.2. The molecule has 7 heterocycles. The van der Waals surface area contributed by atoms with Crippen molar-refractivity contribution < 1.29 is 37.4 Å². The fourth-order valence-corrected chi connectivity index (χ4v) is 8.29. The van der Waals surface area contributed by atoms with E-state index in [-0.39, 0.29) is 43.2 Å². The van der Waals surface area contributed by atoms with Gasteiger partial charge in [-0.15, -0.1) is 5.10 Å². The van der Waals surface area contributed by atoms with Crippen molar-refractivity contribution in [2.75, 3.05) is 24.7 Å². The molecule has 7 N–H and O–H groups in total. The number of aromatic amines is 1. The Morgan fingerprint density at radius 1 is 1.00 bits per heavy atom. The lowest BCUT2D eigenvalue weighted by molar-refractivity contribution is -0.0635. The lowest BCUT2D eigenvalue weighted by Gasteiger charge is -2.27. The summed E-state index contributed by atoms with van der Waals surface area (Å²) >= 11 is 10.7. The molecule has 3 aliphatic heterocycles. The minimum absolute atomic E-state index is 0.0207. The Morgan fingerprint density at radius 2 is 1.77 bits per heavy atom. The van der Waals surface area contributed by atoms with E-state index < -0.39 is 55.9 Å². The third-order valence-corrected chi connectivity index (χ3v) is 10.4. The Balaban J connectivity index is 1.17. The summed E-state index contributed by atoms with van der Waals surface area (Å²) < 4.78 is 38.5. The van der Waals surface area contributed by atoms with E-state index in [2.05, 4.69) is 25.3 Å². The van der Waals surface area contributed by atoms with Crippen molar-refractivity contribution in [2.45, 2.75) is 49.7 Å². The summed E-state index contributed by atoms with van der Waals surface area (Å²) in [5.74, 6) is -0.163. The summed E-state index contributed by atoms with van der Waals surface area (Å²) in [6.45, 7) is -8.23. The van der Waals surface area contributed by atoms with Gasteiger partial charge >= 0.3 is 13.4 Å². The molecule has 0 amide bonds. The number of nitrogen functional groups attached to an aromatic ring is 2. The quantitative estimate of drug-likeness (QED) is 0.183. The number of rotatable bonds is 2. The lowest BCUT2D eigenvalue weighted by Crippen LogP contribution is -2.29. The first-order valence-electron chi connectivity index (χ1n) is 12.9. The first-order valence-corrected chi connectivity index (χ1v) is 18.1. The van der Waals surface area contributed by atoms with Crippen LogP contribution in [0.15, 0.2) is 29.3 Å². The van der Waals surface area contributed by atoms with Crippen molar-refractivity contribution in [1.29, 1.82) is 0 Å². The van der Waals surface area contributed by atoms with Crippen LogP contribution in [0.25, 0.3) is 22.2 Å². The predicted octanol–water partition coefficient (Wildman–Crippen LogP) is 0.555. The topological polar surface area (TPSA) is 242 Å². The van der Waals surface area contributed by atoms with Gasteiger partial charge in [-0.3, -0.25) is 9.78 Å². The molecule has 3 aliphatic rings.